The Morgan fingerprint density at radius 1 is 1.18 bits per heavy atom. The van der Waals surface area contributed by atoms with Crippen molar-refractivity contribution in [2.75, 3.05) is 13.6 Å². The fourth-order valence-corrected chi connectivity index (χ4v) is 3.76. The first kappa shape index (κ1) is 22.6. The summed E-state index contributed by atoms with van der Waals surface area (Å²) in [5.74, 6) is 3.62. The molecule has 2 N–H and O–H groups in total. The highest BCUT2D eigenvalue weighted by atomic mass is 127. The summed E-state index contributed by atoms with van der Waals surface area (Å²) in [7, 11) is 1.82. The van der Waals surface area contributed by atoms with Crippen molar-refractivity contribution >= 4 is 29.9 Å². The minimum Gasteiger partial charge on any atom is -0.356 e. The van der Waals surface area contributed by atoms with Gasteiger partial charge in [0.1, 0.15) is 11.6 Å². The van der Waals surface area contributed by atoms with E-state index in [0.29, 0.717) is 6.54 Å². The molecule has 2 heterocycles. The van der Waals surface area contributed by atoms with E-state index in [0.717, 1.165) is 35.6 Å². The highest BCUT2D eigenvalue weighted by Gasteiger charge is 2.12. The van der Waals surface area contributed by atoms with Gasteiger partial charge in [-0.3, -0.25) is 9.56 Å². The third kappa shape index (κ3) is 6.76. The van der Waals surface area contributed by atoms with Crippen molar-refractivity contribution in [2.24, 2.45) is 10.9 Å². The molecule has 3 rings (SSSR count). The van der Waals surface area contributed by atoms with Gasteiger partial charge in [0, 0.05) is 38.7 Å². The van der Waals surface area contributed by atoms with Crippen molar-refractivity contribution in [3.63, 3.8) is 0 Å². The van der Waals surface area contributed by atoms with Crippen molar-refractivity contribution in [3.8, 4) is 5.82 Å². The average molecular weight is 496 g/mol. The molecular formula is C21H33IN6. The van der Waals surface area contributed by atoms with Crippen LogP contribution in [0.3, 0.4) is 0 Å². The number of guanidine groups is 1. The summed E-state index contributed by atoms with van der Waals surface area (Å²) in [6.07, 6.45) is 15.3. The van der Waals surface area contributed by atoms with Gasteiger partial charge in [0.25, 0.3) is 0 Å². The molecule has 2 aromatic rings. The SMILES string of the molecule is CN=C(NCCCC1CCCCC1)NCc1ccc(-n2ccnc2C)nc1.I. The number of aliphatic imine (C=N–C) groups is 1. The van der Waals surface area contributed by atoms with E-state index < -0.39 is 0 Å². The summed E-state index contributed by atoms with van der Waals surface area (Å²) in [4.78, 5) is 13.1. The first-order valence-corrected chi connectivity index (χ1v) is 10.2. The van der Waals surface area contributed by atoms with Crippen LogP contribution in [0.2, 0.25) is 0 Å². The molecule has 1 aliphatic rings. The number of halogens is 1. The maximum absolute atomic E-state index is 4.54. The van der Waals surface area contributed by atoms with Gasteiger partial charge in [0.05, 0.1) is 0 Å². The molecule has 6 nitrogen and oxygen atoms in total. The second kappa shape index (κ2) is 12.0. The van der Waals surface area contributed by atoms with Crippen LogP contribution < -0.4 is 10.6 Å². The number of imidazole rings is 1. The van der Waals surface area contributed by atoms with Crippen LogP contribution in [-0.4, -0.2) is 34.1 Å². The molecule has 0 saturated heterocycles. The van der Waals surface area contributed by atoms with Gasteiger partial charge >= 0.3 is 0 Å². The molecule has 7 heteroatoms. The van der Waals surface area contributed by atoms with Crippen molar-refractivity contribution in [1.82, 2.24) is 25.2 Å². The zero-order chi connectivity index (χ0) is 18.9. The van der Waals surface area contributed by atoms with E-state index >= 15 is 0 Å². The summed E-state index contributed by atoms with van der Waals surface area (Å²) in [5.41, 5.74) is 1.13. The van der Waals surface area contributed by atoms with Gasteiger partial charge in [-0.05, 0) is 37.3 Å². The van der Waals surface area contributed by atoms with Crippen LogP contribution >= 0.6 is 24.0 Å². The minimum atomic E-state index is 0. The second-order valence-corrected chi connectivity index (χ2v) is 7.37. The Morgan fingerprint density at radius 2 is 2.00 bits per heavy atom. The molecule has 0 radical (unpaired) electrons. The molecule has 2 aromatic heterocycles. The number of aryl methyl sites for hydroxylation is 1. The van der Waals surface area contributed by atoms with E-state index in [9.17, 15) is 0 Å². The number of hydrogen-bond acceptors (Lipinski definition) is 3. The highest BCUT2D eigenvalue weighted by molar-refractivity contribution is 14.0. The Kier molecular flexibility index (Phi) is 9.73. The first-order valence-electron chi connectivity index (χ1n) is 10.2. The Labute approximate surface area is 185 Å². The van der Waals surface area contributed by atoms with Gasteiger partial charge in [-0.25, -0.2) is 9.97 Å². The summed E-state index contributed by atoms with van der Waals surface area (Å²) in [6.45, 7) is 3.66. The van der Waals surface area contributed by atoms with E-state index in [-0.39, 0.29) is 24.0 Å². The molecule has 0 aromatic carbocycles. The topological polar surface area (TPSA) is 67.1 Å². The molecule has 1 aliphatic carbocycles. The average Bonchev–Trinajstić information content (AvgIpc) is 3.14. The number of nitrogens with zero attached hydrogens (tertiary/aromatic N) is 4. The fourth-order valence-electron chi connectivity index (χ4n) is 3.76. The van der Waals surface area contributed by atoms with Crippen LogP contribution in [0, 0.1) is 12.8 Å². The van der Waals surface area contributed by atoms with Gasteiger partial charge < -0.3 is 10.6 Å². The highest BCUT2D eigenvalue weighted by Crippen LogP contribution is 2.26. The third-order valence-corrected chi connectivity index (χ3v) is 5.37. The van der Waals surface area contributed by atoms with Crippen LogP contribution in [0.1, 0.15) is 56.3 Å². The Balaban J connectivity index is 0.00000280. The molecule has 0 unspecified atom stereocenters. The lowest BCUT2D eigenvalue weighted by atomic mass is 9.86. The Morgan fingerprint density at radius 3 is 2.64 bits per heavy atom. The van der Waals surface area contributed by atoms with Crippen molar-refractivity contribution < 1.29 is 0 Å². The number of rotatable bonds is 7. The summed E-state index contributed by atoms with van der Waals surface area (Å²) in [6, 6.07) is 4.11. The van der Waals surface area contributed by atoms with Gasteiger partial charge in [0.15, 0.2) is 5.96 Å². The molecule has 154 valence electrons. The number of pyridine rings is 1. The van der Waals surface area contributed by atoms with Crippen molar-refractivity contribution in [2.45, 2.75) is 58.4 Å². The van der Waals surface area contributed by atoms with Gasteiger partial charge in [0.2, 0.25) is 0 Å². The quantitative estimate of drug-likeness (QED) is 0.261. The molecule has 28 heavy (non-hydrogen) atoms. The lowest BCUT2D eigenvalue weighted by Crippen LogP contribution is -2.37. The first-order chi connectivity index (χ1) is 13.3. The molecule has 0 spiro atoms. The van der Waals surface area contributed by atoms with E-state index in [4.69, 9.17) is 0 Å². The molecule has 0 atom stereocenters. The maximum atomic E-state index is 4.54. The lowest BCUT2D eigenvalue weighted by molar-refractivity contribution is 0.332. The van der Waals surface area contributed by atoms with E-state index in [1.165, 1.54) is 44.9 Å². The smallest absolute Gasteiger partial charge is 0.191 e. The number of hydrogen-bond donors (Lipinski definition) is 2. The molecule has 1 saturated carbocycles. The predicted octanol–water partition coefficient (Wildman–Crippen LogP) is 4.22. The monoisotopic (exact) mass is 496 g/mol. The largest absolute Gasteiger partial charge is 0.356 e. The van der Waals surface area contributed by atoms with Crippen LogP contribution in [0.5, 0.6) is 0 Å². The molecule has 0 amide bonds. The molecular weight excluding hydrogens is 463 g/mol. The fraction of sp³-hybridized carbons (Fsp3) is 0.571. The van der Waals surface area contributed by atoms with Crippen molar-refractivity contribution in [1.29, 1.82) is 0 Å². The molecule has 0 bridgehead atoms. The maximum Gasteiger partial charge on any atom is 0.191 e. The number of nitrogens with one attached hydrogen (secondary N) is 2. The van der Waals surface area contributed by atoms with Crippen LogP contribution in [-0.2, 0) is 6.54 Å². The predicted molar refractivity (Wildman–Crippen MR) is 126 cm³/mol. The standard InChI is InChI=1S/C21H32N6.HI/c1-17-23-13-14-27(17)20-11-10-19(15-25-20)16-26-21(22-2)24-12-6-9-18-7-4-3-5-8-18;/h10-11,13-15,18H,3-9,12,16H2,1-2H3,(H2,22,24,26);1H. The zero-order valence-electron chi connectivity index (χ0n) is 17.0. The number of aromatic nitrogens is 3. The second-order valence-electron chi connectivity index (χ2n) is 7.37. The lowest BCUT2D eigenvalue weighted by Gasteiger charge is -2.21. The third-order valence-electron chi connectivity index (χ3n) is 5.37. The molecule has 1 fully saturated rings. The molecule has 0 aliphatic heterocycles. The normalized spacial score (nSPS) is 15.1. The van der Waals surface area contributed by atoms with E-state index in [1.54, 1.807) is 6.20 Å². The van der Waals surface area contributed by atoms with Crippen molar-refractivity contribution in [3.05, 3.63) is 42.1 Å². The Bertz CT molecular complexity index is 719. The van der Waals surface area contributed by atoms with Gasteiger partial charge in [-0.15, -0.1) is 24.0 Å². The minimum absolute atomic E-state index is 0. The van der Waals surface area contributed by atoms with Crippen LogP contribution in [0.4, 0.5) is 0 Å². The van der Waals surface area contributed by atoms with Gasteiger partial charge in [-0.1, -0.05) is 38.2 Å². The van der Waals surface area contributed by atoms with E-state index in [2.05, 4.69) is 31.7 Å². The van der Waals surface area contributed by atoms with Crippen LogP contribution in [0.15, 0.2) is 35.7 Å². The summed E-state index contributed by atoms with van der Waals surface area (Å²) in [5, 5.41) is 6.80. The van der Waals surface area contributed by atoms with E-state index in [1.807, 2.05) is 37.0 Å². The summed E-state index contributed by atoms with van der Waals surface area (Å²) < 4.78 is 1.98. The van der Waals surface area contributed by atoms with Gasteiger partial charge in [-0.2, -0.15) is 0 Å². The van der Waals surface area contributed by atoms with Crippen LogP contribution in [0.25, 0.3) is 5.82 Å². The summed E-state index contributed by atoms with van der Waals surface area (Å²) >= 11 is 0. The Hall–Kier alpha value is -1.64. The zero-order valence-corrected chi connectivity index (χ0v) is 19.4.